The maximum Gasteiger partial charge on any atom is 0.191 e. The van der Waals surface area contributed by atoms with E-state index in [9.17, 15) is 5.26 Å². The number of aliphatic imine (C=N–C) groups is 1. The van der Waals surface area contributed by atoms with Gasteiger partial charge in [0, 0.05) is 20.1 Å². The standard InChI is InChI=1S/C24H29N7O2/c1-27-24(29-16-17-11-12-21(32-2)22(14-17)33-3)28-13-7-10-20-19(15-25)23(26)31(30-20)18-8-5-4-6-9-18/h4-6,8-9,11-12,14H,7,10,13,16,26H2,1-3H3,(H2,27,28,29). The van der Waals surface area contributed by atoms with E-state index in [0.717, 1.165) is 17.7 Å². The first kappa shape index (κ1) is 23.5. The zero-order valence-corrected chi connectivity index (χ0v) is 19.1. The van der Waals surface area contributed by atoms with Gasteiger partial charge in [-0.3, -0.25) is 4.99 Å². The van der Waals surface area contributed by atoms with E-state index < -0.39 is 0 Å². The second-order valence-electron chi connectivity index (χ2n) is 7.21. The molecule has 1 heterocycles. The third-order valence-electron chi connectivity index (χ3n) is 5.12. The lowest BCUT2D eigenvalue weighted by Gasteiger charge is -2.13. The molecule has 172 valence electrons. The van der Waals surface area contributed by atoms with Gasteiger partial charge in [-0.1, -0.05) is 24.3 Å². The number of para-hydroxylation sites is 1. The van der Waals surface area contributed by atoms with E-state index in [-0.39, 0.29) is 0 Å². The number of nitrogen functional groups attached to an aromatic ring is 1. The minimum Gasteiger partial charge on any atom is -0.493 e. The highest BCUT2D eigenvalue weighted by molar-refractivity contribution is 5.79. The smallest absolute Gasteiger partial charge is 0.191 e. The van der Waals surface area contributed by atoms with Crippen LogP contribution in [-0.4, -0.2) is 43.6 Å². The molecule has 2 aromatic carbocycles. The molecule has 9 heteroatoms. The molecule has 0 aliphatic rings. The lowest BCUT2D eigenvalue weighted by atomic mass is 10.1. The first-order chi connectivity index (χ1) is 16.1. The normalized spacial score (nSPS) is 11.0. The van der Waals surface area contributed by atoms with Crippen LogP contribution in [0.15, 0.2) is 53.5 Å². The average molecular weight is 448 g/mol. The van der Waals surface area contributed by atoms with E-state index in [4.69, 9.17) is 15.2 Å². The van der Waals surface area contributed by atoms with Crippen molar-refractivity contribution in [3.63, 3.8) is 0 Å². The maximum absolute atomic E-state index is 9.55. The number of nitrogens with zero attached hydrogens (tertiary/aromatic N) is 4. The van der Waals surface area contributed by atoms with Gasteiger partial charge in [-0.15, -0.1) is 0 Å². The van der Waals surface area contributed by atoms with Gasteiger partial charge in [0.25, 0.3) is 0 Å². The molecule has 0 aliphatic heterocycles. The summed E-state index contributed by atoms with van der Waals surface area (Å²) in [6.07, 6.45) is 1.38. The Morgan fingerprint density at radius 1 is 1.12 bits per heavy atom. The number of anilines is 1. The second kappa shape index (κ2) is 11.4. The Kier molecular flexibility index (Phi) is 8.13. The van der Waals surface area contributed by atoms with Crippen molar-refractivity contribution in [2.24, 2.45) is 4.99 Å². The van der Waals surface area contributed by atoms with Crippen LogP contribution in [0.2, 0.25) is 0 Å². The fourth-order valence-corrected chi connectivity index (χ4v) is 3.40. The van der Waals surface area contributed by atoms with Crippen LogP contribution in [-0.2, 0) is 13.0 Å². The minimum atomic E-state index is 0.360. The summed E-state index contributed by atoms with van der Waals surface area (Å²) in [4.78, 5) is 4.26. The van der Waals surface area contributed by atoms with Gasteiger partial charge in [-0.2, -0.15) is 10.4 Å². The van der Waals surface area contributed by atoms with Crippen LogP contribution < -0.4 is 25.8 Å². The Labute approximate surface area is 193 Å². The number of nitrogens with two attached hydrogens (primary N) is 1. The lowest BCUT2D eigenvalue weighted by molar-refractivity contribution is 0.354. The number of nitrogens with one attached hydrogen (secondary N) is 2. The number of benzene rings is 2. The third kappa shape index (κ3) is 5.74. The topological polar surface area (TPSA) is 123 Å². The zero-order chi connectivity index (χ0) is 23.6. The Morgan fingerprint density at radius 3 is 2.55 bits per heavy atom. The molecular formula is C24H29N7O2. The van der Waals surface area contributed by atoms with Crippen molar-refractivity contribution in [2.75, 3.05) is 33.5 Å². The van der Waals surface area contributed by atoms with Gasteiger partial charge in [0.15, 0.2) is 17.5 Å². The highest BCUT2D eigenvalue weighted by atomic mass is 16.5. The maximum atomic E-state index is 9.55. The zero-order valence-electron chi connectivity index (χ0n) is 19.1. The van der Waals surface area contributed by atoms with Gasteiger partial charge >= 0.3 is 0 Å². The predicted octanol–water partition coefficient (Wildman–Crippen LogP) is 2.64. The number of methoxy groups -OCH3 is 2. The highest BCUT2D eigenvalue weighted by Crippen LogP contribution is 2.27. The minimum absolute atomic E-state index is 0.360. The molecule has 3 rings (SSSR count). The first-order valence-corrected chi connectivity index (χ1v) is 10.6. The Balaban J connectivity index is 1.53. The van der Waals surface area contributed by atoms with Crippen LogP contribution in [0.25, 0.3) is 5.69 Å². The summed E-state index contributed by atoms with van der Waals surface area (Å²) in [5.74, 6) is 2.41. The van der Waals surface area contributed by atoms with E-state index in [1.54, 1.807) is 25.9 Å². The first-order valence-electron chi connectivity index (χ1n) is 10.6. The molecule has 0 saturated heterocycles. The molecule has 0 bridgehead atoms. The van der Waals surface area contributed by atoms with Crippen molar-refractivity contribution in [3.05, 3.63) is 65.4 Å². The number of nitriles is 1. The molecule has 33 heavy (non-hydrogen) atoms. The van der Waals surface area contributed by atoms with Crippen LogP contribution in [0.1, 0.15) is 23.2 Å². The van der Waals surface area contributed by atoms with Crippen molar-refractivity contribution in [2.45, 2.75) is 19.4 Å². The second-order valence-corrected chi connectivity index (χ2v) is 7.21. The van der Waals surface area contributed by atoms with Crippen LogP contribution in [0.3, 0.4) is 0 Å². The van der Waals surface area contributed by atoms with Crippen molar-refractivity contribution in [1.29, 1.82) is 5.26 Å². The molecule has 9 nitrogen and oxygen atoms in total. The third-order valence-corrected chi connectivity index (χ3v) is 5.12. The Morgan fingerprint density at radius 2 is 1.88 bits per heavy atom. The van der Waals surface area contributed by atoms with Gasteiger partial charge in [-0.05, 0) is 42.7 Å². The van der Waals surface area contributed by atoms with Crippen molar-refractivity contribution < 1.29 is 9.47 Å². The average Bonchev–Trinajstić information content (AvgIpc) is 3.18. The van der Waals surface area contributed by atoms with Crippen LogP contribution in [0.5, 0.6) is 11.5 Å². The van der Waals surface area contributed by atoms with Gasteiger partial charge in [0.2, 0.25) is 0 Å². The van der Waals surface area contributed by atoms with Crippen molar-refractivity contribution >= 4 is 11.8 Å². The molecule has 0 radical (unpaired) electrons. The van der Waals surface area contributed by atoms with Gasteiger partial charge in [0.1, 0.15) is 17.5 Å². The summed E-state index contributed by atoms with van der Waals surface area (Å²) in [5.41, 5.74) is 9.15. The van der Waals surface area contributed by atoms with Crippen LogP contribution >= 0.6 is 0 Å². The predicted molar refractivity (Wildman–Crippen MR) is 129 cm³/mol. The van der Waals surface area contributed by atoms with Crippen molar-refractivity contribution in [1.82, 2.24) is 20.4 Å². The molecule has 0 spiro atoms. The molecule has 0 amide bonds. The highest BCUT2D eigenvalue weighted by Gasteiger charge is 2.16. The van der Waals surface area contributed by atoms with Gasteiger partial charge < -0.3 is 25.8 Å². The van der Waals surface area contributed by atoms with E-state index in [1.165, 1.54) is 0 Å². The molecular weight excluding hydrogens is 418 g/mol. The monoisotopic (exact) mass is 447 g/mol. The number of aromatic nitrogens is 2. The summed E-state index contributed by atoms with van der Waals surface area (Å²) in [6, 6.07) is 17.5. The Hall–Kier alpha value is -4.19. The van der Waals surface area contributed by atoms with Gasteiger partial charge in [0.05, 0.1) is 25.6 Å². The fraction of sp³-hybridized carbons (Fsp3) is 0.292. The van der Waals surface area contributed by atoms with Crippen molar-refractivity contribution in [3.8, 4) is 23.3 Å². The van der Waals surface area contributed by atoms with E-state index in [2.05, 4.69) is 26.8 Å². The Bertz CT molecular complexity index is 1130. The summed E-state index contributed by atoms with van der Waals surface area (Å²) >= 11 is 0. The SMILES string of the molecule is CN=C(NCCCc1nn(-c2ccccc2)c(N)c1C#N)NCc1ccc(OC)c(OC)c1. The number of guanidine groups is 1. The summed E-state index contributed by atoms with van der Waals surface area (Å²) in [6.45, 7) is 1.24. The largest absolute Gasteiger partial charge is 0.493 e. The molecule has 3 aromatic rings. The fourth-order valence-electron chi connectivity index (χ4n) is 3.40. The number of rotatable bonds is 9. The van der Waals surface area contributed by atoms with Crippen LogP contribution in [0.4, 0.5) is 5.82 Å². The summed E-state index contributed by atoms with van der Waals surface area (Å²) < 4.78 is 12.2. The van der Waals surface area contributed by atoms with E-state index in [0.29, 0.717) is 54.0 Å². The molecule has 0 atom stereocenters. The molecule has 1 aromatic heterocycles. The van der Waals surface area contributed by atoms with Crippen LogP contribution in [0, 0.1) is 11.3 Å². The number of aryl methyl sites for hydroxylation is 1. The van der Waals surface area contributed by atoms with Gasteiger partial charge in [-0.25, -0.2) is 4.68 Å². The number of hydrogen-bond acceptors (Lipinski definition) is 6. The molecule has 0 aliphatic carbocycles. The molecule has 4 N–H and O–H groups in total. The number of ether oxygens (including phenoxy) is 2. The number of hydrogen-bond donors (Lipinski definition) is 3. The molecule has 0 fully saturated rings. The summed E-state index contributed by atoms with van der Waals surface area (Å²) in [5, 5.41) is 20.7. The lowest BCUT2D eigenvalue weighted by Crippen LogP contribution is -2.37. The molecule has 0 saturated carbocycles. The van der Waals surface area contributed by atoms with E-state index >= 15 is 0 Å². The quantitative estimate of drug-likeness (QED) is 0.262. The summed E-state index contributed by atoms with van der Waals surface area (Å²) in [7, 11) is 4.95. The van der Waals surface area contributed by atoms with E-state index in [1.807, 2.05) is 48.5 Å². The molecule has 0 unspecified atom stereocenters.